The molecule has 1 aliphatic rings. The van der Waals surface area contributed by atoms with Crippen LogP contribution in [0.2, 0.25) is 0 Å². The molecular formula is C24H34Cl2N2O5. The van der Waals surface area contributed by atoms with Crippen LogP contribution in [-0.4, -0.2) is 71.5 Å². The molecule has 33 heavy (non-hydrogen) atoms. The summed E-state index contributed by atoms with van der Waals surface area (Å²) in [5.74, 6) is 0.927. The van der Waals surface area contributed by atoms with E-state index in [1.54, 1.807) is 12.1 Å². The quantitative estimate of drug-likeness (QED) is 0.355. The van der Waals surface area contributed by atoms with Crippen LogP contribution in [0.5, 0.6) is 17.2 Å². The van der Waals surface area contributed by atoms with E-state index in [1.807, 2.05) is 6.07 Å². The van der Waals surface area contributed by atoms with Gasteiger partial charge in [-0.05, 0) is 43.7 Å². The molecule has 0 saturated carbocycles. The molecule has 3 rings (SSSR count). The van der Waals surface area contributed by atoms with Gasteiger partial charge in [0, 0.05) is 31.9 Å². The van der Waals surface area contributed by atoms with E-state index in [1.165, 1.54) is 27.0 Å². The van der Waals surface area contributed by atoms with Crippen LogP contribution >= 0.6 is 24.8 Å². The van der Waals surface area contributed by atoms with Crippen LogP contribution in [0.25, 0.3) is 0 Å². The third-order valence-electron chi connectivity index (χ3n) is 5.50. The molecule has 0 aromatic heterocycles. The van der Waals surface area contributed by atoms with Gasteiger partial charge in [0.2, 0.25) is 5.75 Å². The lowest BCUT2D eigenvalue weighted by molar-refractivity contribution is 0.0494. The Morgan fingerprint density at radius 3 is 2.00 bits per heavy atom. The summed E-state index contributed by atoms with van der Waals surface area (Å²) < 4.78 is 21.3. The van der Waals surface area contributed by atoms with Crippen LogP contribution in [-0.2, 0) is 4.74 Å². The average molecular weight is 501 g/mol. The van der Waals surface area contributed by atoms with Crippen molar-refractivity contribution in [1.82, 2.24) is 4.90 Å². The monoisotopic (exact) mass is 500 g/mol. The lowest BCUT2D eigenvalue weighted by Crippen LogP contribution is -2.46. The fourth-order valence-corrected chi connectivity index (χ4v) is 3.75. The Labute approximate surface area is 208 Å². The Morgan fingerprint density at radius 1 is 0.848 bits per heavy atom. The molecule has 0 atom stereocenters. The third kappa shape index (κ3) is 7.88. The second-order valence-electron chi connectivity index (χ2n) is 7.42. The van der Waals surface area contributed by atoms with Crippen molar-refractivity contribution in [3.05, 3.63) is 48.0 Å². The number of methoxy groups -OCH3 is 3. The topological polar surface area (TPSA) is 60.5 Å². The van der Waals surface area contributed by atoms with Crippen molar-refractivity contribution in [1.29, 1.82) is 0 Å². The highest BCUT2D eigenvalue weighted by atomic mass is 35.5. The molecule has 0 spiro atoms. The molecule has 1 fully saturated rings. The Hall–Kier alpha value is -2.35. The molecular weight excluding hydrogens is 467 g/mol. The number of anilines is 1. The van der Waals surface area contributed by atoms with Gasteiger partial charge in [0.05, 0.1) is 33.5 Å². The molecule has 184 valence electrons. The molecule has 0 N–H and O–H groups in total. The highest BCUT2D eigenvalue weighted by Crippen LogP contribution is 2.38. The van der Waals surface area contributed by atoms with E-state index in [0.717, 1.165) is 45.6 Å². The Morgan fingerprint density at radius 2 is 1.45 bits per heavy atom. The van der Waals surface area contributed by atoms with Gasteiger partial charge in [-0.15, -0.1) is 24.8 Å². The smallest absolute Gasteiger partial charge is 0.338 e. The van der Waals surface area contributed by atoms with Crippen LogP contribution in [0.15, 0.2) is 42.5 Å². The molecule has 0 amide bonds. The minimum absolute atomic E-state index is 0. The van der Waals surface area contributed by atoms with Crippen LogP contribution < -0.4 is 19.1 Å². The number of carbonyl (C=O) groups is 1. The number of benzene rings is 2. The maximum Gasteiger partial charge on any atom is 0.338 e. The number of rotatable bonds is 10. The summed E-state index contributed by atoms with van der Waals surface area (Å²) in [4.78, 5) is 17.3. The normalized spacial score (nSPS) is 13.4. The minimum atomic E-state index is -0.393. The largest absolute Gasteiger partial charge is 0.493 e. The van der Waals surface area contributed by atoms with Crippen molar-refractivity contribution in [3.8, 4) is 17.2 Å². The molecule has 2 aromatic rings. The van der Waals surface area contributed by atoms with E-state index in [4.69, 9.17) is 18.9 Å². The molecule has 0 radical (unpaired) electrons. The van der Waals surface area contributed by atoms with Gasteiger partial charge in [-0.25, -0.2) is 4.79 Å². The molecule has 1 aliphatic heterocycles. The number of unbranched alkanes of at least 4 members (excludes halogenated alkanes) is 1. The maximum atomic E-state index is 12.4. The number of hydrogen-bond donors (Lipinski definition) is 0. The second-order valence-corrected chi connectivity index (χ2v) is 7.42. The highest BCUT2D eigenvalue weighted by molar-refractivity contribution is 5.91. The predicted octanol–water partition coefficient (Wildman–Crippen LogP) is 4.32. The van der Waals surface area contributed by atoms with Crippen LogP contribution in [0.3, 0.4) is 0 Å². The molecule has 1 heterocycles. The molecule has 7 nitrogen and oxygen atoms in total. The first-order valence-corrected chi connectivity index (χ1v) is 10.7. The lowest BCUT2D eigenvalue weighted by Gasteiger charge is -2.36. The number of carbonyl (C=O) groups excluding carboxylic acids is 1. The molecule has 2 aromatic carbocycles. The van der Waals surface area contributed by atoms with E-state index in [-0.39, 0.29) is 24.8 Å². The summed E-state index contributed by atoms with van der Waals surface area (Å²) in [6.45, 7) is 5.60. The Balaban J connectivity index is 0.00000272. The Kier molecular flexibility index (Phi) is 12.8. The van der Waals surface area contributed by atoms with Gasteiger partial charge in [0.15, 0.2) is 11.5 Å². The Bertz CT molecular complexity index is 821. The van der Waals surface area contributed by atoms with Crippen LogP contribution in [0.4, 0.5) is 5.69 Å². The molecule has 1 saturated heterocycles. The van der Waals surface area contributed by atoms with Crippen LogP contribution in [0.1, 0.15) is 23.2 Å². The van der Waals surface area contributed by atoms with E-state index >= 15 is 0 Å². The summed E-state index contributed by atoms with van der Waals surface area (Å²) in [7, 11) is 4.57. The van der Waals surface area contributed by atoms with Gasteiger partial charge in [-0.3, -0.25) is 4.90 Å². The van der Waals surface area contributed by atoms with Crippen molar-refractivity contribution in [2.24, 2.45) is 0 Å². The zero-order chi connectivity index (χ0) is 22.1. The standard InChI is InChI=1S/C24H32N2O5.2ClH/c1-28-21-17-19(18-22(29-2)23(21)30-3)24(27)31-16-8-7-11-25-12-14-26(15-13-25)20-9-5-4-6-10-20;;/h4-6,9-10,17-18H,7-8,11-16H2,1-3H3;2*1H. The van der Waals surface area contributed by atoms with Gasteiger partial charge in [0.1, 0.15) is 0 Å². The van der Waals surface area contributed by atoms with Gasteiger partial charge < -0.3 is 23.8 Å². The summed E-state index contributed by atoms with van der Waals surface area (Å²) in [6.07, 6.45) is 1.82. The van der Waals surface area contributed by atoms with Crippen molar-refractivity contribution in [2.45, 2.75) is 12.8 Å². The van der Waals surface area contributed by atoms with Gasteiger partial charge in [0.25, 0.3) is 0 Å². The fourth-order valence-electron chi connectivity index (χ4n) is 3.75. The molecule has 9 heteroatoms. The van der Waals surface area contributed by atoms with Crippen molar-refractivity contribution in [3.63, 3.8) is 0 Å². The zero-order valence-electron chi connectivity index (χ0n) is 19.5. The maximum absolute atomic E-state index is 12.4. The summed E-state index contributed by atoms with van der Waals surface area (Å²) >= 11 is 0. The van der Waals surface area contributed by atoms with Gasteiger partial charge in [-0.1, -0.05) is 18.2 Å². The molecule has 0 aliphatic carbocycles. The first-order valence-electron chi connectivity index (χ1n) is 10.7. The molecule has 0 unspecified atom stereocenters. The van der Waals surface area contributed by atoms with Crippen LogP contribution in [0, 0.1) is 0 Å². The summed E-state index contributed by atoms with van der Waals surface area (Å²) in [5, 5.41) is 0. The first-order chi connectivity index (χ1) is 15.2. The highest BCUT2D eigenvalue weighted by Gasteiger charge is 2.19. The van der Waals surface area contributed by atoms with E-state index in [0.29, 0.717) is 29.4 Å². The summed E-state index contributed by atoms with van der Waals surface area (Å²) in [5.41, 5.74) is 1.67. The average Bonchev–Trinajstić information content (AvgIpc) is 2.83. The minimum Gasteiger partial charge on any atom is -0.493 e. The number of esters is 1. The van der Waals surface area contributed by atoms with E-state index in [2.05, 4.69) is 34.1 Å². The van der Waals surface area contributed by atoms with Crippen molar-refractivity contribution >= 4 is 36.5 Å². The number of para-hydroxylation sites is 1. The first kappa shape index (κ1) is 28.7. The number of hydrogen-bond acceptors (Lipinski definition) is 7. The van der Waals surface area contributed by atoms with Crippen molar-refractivity contribution < 1.29 is 23.7 Å². The number of ether oxygens (including phenoxy) is 4. The van der Waals surface area contributed by atoms with Gasteiger partial charge in [-0.2, -0.15) is 0 Å². The fraction of sp³-hybridized carbons (Fsp3) is 0.458. The van der Waals surface area contributed by atoms with E-state index < -0.39 is 5.97 Å². The predicted molar refractivity (Wildman–Crippen MR) is 135 cm³/mol. The second kappa shape index (κ2) is 14.7. The summed E-state index contributed by atoms with van der Waals surface area (Å²) in [6, 6.07) is 13.8. The number of halogens is 2. The van der Waals surface area contributed by atoms with Crippen molar-refractivity contribution in [2.75, 3.05) is 65.6 Å². The van der Waals surface area contributed by atoms with E-state index in [9.17, 15) is 4.79 Å². The SMILES string of the molecule is COc1cc(C(=O)OCCCCN2CCN(c3ccccc3)CC2)cc(OC)c1OC.Cl.Cl. The number of piperazine rings is 1. The lowest BCUT2D eigenvalue weighted by atomic mass is 10.2. The molecule has 0 bridgehead atoms. The zero-order valence-corrected chi connectivity index (χ0v) is 21.1. The number of nitrogens with zero attached hydrogens (tertiary/aromatic N) is 2. The van der Waals surface area contributed by atoms with Gasteiger partial charge >= 0.3 is 5.97 Å². The third-order valence-corrected chi connectivity index (χ3v) is 5.50.